The van der Waals surface area contributed by atoms with Crippen LogP contribution in [0, 0.1) is 6.20 Å². The molecule has 3 nitrogen and oxygen atoms in total. The van der Waals surface area contributed by atoms with Gasteiger partial charge in [-0.25, -0.2) is 0 Å². The molecule has 3 heteroatoms. The summed E-state index contributed by atoms with van der Waals surface area (Å²) < 4.78 is 2.11. The summed E-state index contributed by atoms with van der Waals surface area (Å²) in [5.41, 5.74) is 5.00. The molecule has 0 N–H and O–H groups in total. The summed E-state index contributed by atoms with van der Waals surface area (Å²) in [7, 11) is 2.09. The second-order valence-electron chi connectivity index (χ2n) is 4.71. The van der Waals surface area contributed by atoms with Crippen molar-refractivity contribution < 1.29 is 4.68 Å². The molecule has 0 radical (unpaired) electrons. The second-order valence-corrected chi connectivity index (χ2v) is 4.71. The fourth-order valence-corrected chi connectivity index (χ4v) is 2.71. The SMILES string of the molecule is CN1C=C2c3ccccc3-c3ccc[c-][n+]3N2C1. The highest BCUT2D eigenvalue weighted by molar-refractivity contribution is 5.84. The highest BCUT2D eigenvalue weighted by Crippen LogP contribution is 2.33. The molecule has 1 aromatic carbocycles. The zero-order chi connectivity index (χ0) is 12.1. The van der Waals surface area contributed by atoms with Crippen molar-refractivity contribution >= 4 is 5.70 Å². The maximum Gasteiger partial charge on any atom is 0.147 e. The first-order valence-electron chi connectivity index (χ1n) is 6.07. The van der Waals surface area contributed by atoms with Crippen LogP contribution in [0.4, 0.5) is 0 Å². The summed E-state index contributed by atoms with van der Waals surface area (Å²) in [6.07, 6.45) is 5.49. The van der Waals surface area contributed by atoms with Crippen LogP contribution in [0.5, 0.6) is 0 Å². The second kappa shape index (κ2) is 3.35. The fourth-order valence-electron chi connectivity index (χ4n) is 2.71. The number of rotatable bonds is 0. The summed E-state index contributed by atoms with van der Waals surface area (Å²) in [6.45, 7) is 0.863. The molecule has 2 aliphatic rings. The van der Waals surface area contributed by atoms with Crippen molar-refractivity contribution in [3.63, 3.8) is 0 Å². The van der Waals surface area contributed by atoms with Gasteiger partial charge < -0.3 is 4.90 Å². The number of hydrogen-bond donors (Lipinski definition) is 0. The first-order valence-corrected chi connectivity index (χ1v) is 6.07. The molecule has 0 fully saturated rings. The van der Waals surface area contributed by atoms with Gasteiger partial charge in [0.15, 0.2) is 0 Å². The minimum absolute atomic E-state index is 0.863. The van der Waals surface area contributed by atoms with Crippen LogP contribution in [0.15, 0.2) is 48.7 Å². The van der Waals surface area contributed by atoms with Gasteiger partial charge in [0, 0.05) is 24.4 Å². The highest BCUT2D eigenvalue weighted by atomic mass is 15.6. The lowest BCUT2D eigenvalue weighted by atomic mass is 9.99. The maximum atomic E-state index is 3.30. The van der Waals surface area contributed by atoms with Crippen LogP contribution in [0.2, 0.25) is 0 Å². The molecule has 0 bridgehead atoms. The molecule has 0 atom stereocenters. The Hall–Kier alpha value is -2.29. The van der Waals surface area contributed by atoms with E-state index in [1.807, 2.05) is 12.1 Å². The topological polar surface area (TPSA) is 10.4 Å². The highest BCUT2D eigenvalue weighted by Gasteiger charge is 2.33. The number of pyridine rings is 1. The van der Waals surface area contributed by atoms with E-state index < -0.39 is 0 Å². The van der Waals surface area contributed by atoms with Crippen LogP contribution >= 0.6 is 0 Å². The van der Waals surface area contributed by atoms with Crippen LogP contribution in [0.3, 0.4) is 0 Å². The Labute approximate surface area is 106 Å². The molecular weight excluding hydrogens is 222 g/mol. The Morgan fingerprint density at radius 1 is 1.11 bits per heavy atom. The lowest BCUT2D eigenvalue weighted by Gasteiger charge is -2.28. The molecule has 18 heavy (non-hydrogen) atoms. The summed E-state index contributed by atoms with van der Waals surface area (Å²) in [6, 6.07) is 14.7. The Morgan fingerprint density at radius 3 is 2.83 bits per heavy atom. The normalized spacial score (nSPS) is 15.9. The van der Waals surface area contributed by atoms with E-state index in [9.17, 15) is 0 Å². The number of benzene rings is 1. The number of aromatic nitrogens is 1. The molecule has 88 valence electrons. The standard InChI is InChI=1S/C15H13N3/c1-16-10-15-13-7-3-2-6-12(13)14-8-4-5-9-17(14)18(15)11-16/h2-8,10H,11H2,1H3. The summed E-state index contributed by atoms with van der Waals surface area (Å²) in [4.78, 5) is 2.19. The summed E-state index contributed by atoms with van der Waals surface area (Å²) in [5.74, 6) is 0. The van der Waals surface area contributed by atoms with Crippen LogP contribution in [-0.2, 0) is 0 Å². The third kappa shape index (κ3) is 1.16. The Balaban J connectivity index is 2.07. The molecule has 0 spiro atoms. The molecule has 3 heterocycles. The van der Waals surface area contributed by atoms with Crippen molar-refractivity contribution in [1.82, 2.24) is 4.90 Å². The average molecular weight is 235 g/mol. The lowest BCUT2D eigenvalue weighted by molar-refractivity contribution is -0.678. The zero-order valence-electron chi connectivity index (χ0n) is 10.2. The van der Waals surface area contributed by atoms with Gasteiger partial charge in [-0.15, -0.1) is 11.1 Å². The van der Waals surface area contributed by atoms with Crippen molar-refractivity contribution in [2.24, 2.45) is 0 Å². The molecule has 0 amide bonds. The quantitative estimate of drug-likeness (QED) is 0.507. The predicted molar refractivity (Wildman–Crippen MR) is 69.7 cm³/mol. The summed E-state index contributed by atoms with van der Waals surface area (Å²) in [5, 5.41) is 2.25. The molecule has 2 aromatic rings. The fraction of sp³-hybridized carbons (Fsp3) is 0.133. The Bertz CT molecular complexity index is 660. The monoisotopic (exact) mass is 235 g/mol. The lowest BCUT2D eigenvalue weighted by Crippen LogP contribution is -2.59. The van der Waals surface area contributed by atoms with Gasteiger partial charge in [-0.2, -0.15) is 10.7 Å². The van der Waals surface area contributed by atoms with Crippen molar-refractivity contribution in [2.75, 3.05) is 18.7 Å². The molecule has 0 saturated carbocycles. The predicted octanol–water partition coefficient (Wildman–Crippen LogP) is 1.59. The third-order valence-electron chi connectivity index (χ3n) is 3.47. The molecule has 4 rings (SSSR count). The molecular formula is C15H13N3. The minimum Gasteiger partial charge on any atom is -0.356 e. The minimum atomic E-state index is 0.863. The van der Waals surface area contributed by atoms with Gasteiger partial charge in [0.05, 0.1) is 0 Å². The number of nitrogens with zero attached hydrogens (tertiary/aromatic N) is 3. The van der Waals surface area contributed by atoms with E-state index in [2.05, 4.69) is 64.4 Å². The van der Waals surface area contributed by atoms with E-state index in [4.69, 9.17) is 0 Å². The van der Waals surface area contributed by atoms with E-state index in [1.54, 1.807) is 0 Å². The molecule has 2 aliphatic heterocycles. The first kappa shape index (κ1) is 9.71. The van der Waals surface area contributed by atoms with Gasteiger partial charge >= 0.3 is 0 Å². The van der Waals surface area contributed by atoms with Gasteiger partial charge in [0.2, 0.25) is 0 Å². The van der Waals surface area contributed by atoms with Crippen LogP contribution in [0.1, 0.15) is 5.56 Å². The van der Waals surface area contributed by atoms with Crippen LogP contribution < -0.4 is 9.69 Å². The average Bonchev–Trinajstić information content (AvgIpc) is 2.81. The van der Waals surface area contributed by atoms with Crippen molar-refractivity contribution in [3.8, 4) is 11.3 Å². The van der Waals surface area contributed by atoms with Gasteiger partial charge in [-0.3, -0.25) is 0 Å². The van der Waals surface area contributed by atoms with Crippen molar-refractivity contribution in [1.29, 1.82) is 0 Å². The Kier molecular flexibility index (Phi) is 1.81. The van der Waals surface area contributed by atoms with Gasteiger partial charge in [-0.05, 0) is 0 Å². The summed E-state index contributed by atoms with van der Waals surface area (Å²) >= 11 is 0. The third-order valence-corrected chi connectivity index (χ3v) is 3.47. The van der Waals surface area contributed by atoms with Crippen LogP contribution in [-0.4, -0.2) is 18.6 Å². The van der Waals surface area contributed by atoms with Crippen LogP contribution in [0.25, 0.3) is 17.0 Å². The van der Waals surface area contributed by atoms with Gasteiger partial charge in [-0.1, -0.05) is 30.3 Å². The Morgan fingerprint density at radius 2 is 1.94 bits per heavy atom. The number of hydrogen-bond acceptors (Lipinski definition) is 2. The van der Waals surface area contributed by atoms with Gasteiger partial charge in [0.1, 0.15) is 24.3 Å². The van der Waals surface area contributed by atoms with E-state index in [-0.39, 0.29) is 0 Å². The first-order chi connectivity index (χ1) is 8.84. The molecule has 0 aliphatic carbocycles. The van der Waals surface area contributed by atoms with E-state index in [1.165, 1.54) is 22.5 Å². The number of fused-ring (bicyclic) bond motifs is 6. The van der Waals surface area contributed by atoms with Crippen molar-refractivity contribution in [2.45, 2.75) is 0 Å². The van der Waals surface area contributed by atoms with Gasteiger partial charge in [0.25, 0.3) is 0 Å². The molecule has 0 saturated heterocycles. The largest absolute Gasteiger partial charge is 0.356 e. The smallest absolute Gasteiger partial charge is 0.147 e. The molecule has 0 unspecified atom stereocenters. The van der Waals surface area contributed by atoms with E-state index in [0.717, 1.165) is 6.67 Å². The van der Waals surface area contributed by atoms with E-state index >= 15 is 0 Å². The van der Waals surface area contributed by atoms with Crippen molar-refractivity contribution in [3.05, 3.63) is 60.4 Å². The molecule has 1 aromatic heterocycles. The van der Waals surface area contributed by atoms with E-state index in [0.29, 0.717) is 0 Å². The zero-order valence-corrected chi connectivity index (χ0v) is 10.2. The maximum absolute atomic E-state index is 3.30.